The number of carboxylic acids is 1. The molecular formula is C10H14N2O5S. The summed E-state index contributed by atoms with van der Waals surface area (Å²) >= 11 is 0. The molecule has 100 valence electrons. The lowest BCUT2D eigenvalue weighted by molar-refractivity contribution is 0.0685. The van der Waals surface area contributed by atoms with E-state index in [1.165, 1.54) is 6.07 Å². The number of carbonyl (C=O) groups is 1. The minimum Gasteiger partial charge on any atom is -0.476 e. The molecule has 1 unspecified atom stereocenters. The Hall–Kier alpha value is -1.41. The van der Waals surface area contributed by atoms with Crippen LogP contribution in [0.3, 0.4) is 0 Å². The Morgan fingerprint density at radius 1 is 1.61 bits per heavy atom. The van der Waals surface area contributed by atoms with Crippen molar-refractivity contribution in [2.75, 3.05) is 18.1 Å². The van der Waals surface area contributed by atoms with Crippen LogP contribution in [-0.4, -0.2) is 42.7 Å². The van der Waals surface area contributed by atoms with Gasteiger partial charge in [-0.2, -0.15) is 0 Å². The van der Waals surface area contributed by atoms with Crippen LogP contribution in [-0.2, 0) is 16.4 Å². The fraction of sp³-hybridized carbons (Fsp3) is 0.600. The molecular weight excluding hydrogens is 260 g/mol. The van der Waals surface area contributed by atoms with Crippen molar-refractivity contribution < 1.29 is 22.8 Å². The standard InChI is InChI=1S/C10H14N2O5S/c13-10(14)9-3-8(17-12-9)5-11-4-7-1-2-18(15,16)6-7/h3,7,11H,1-2,4-6H2,(H,13,14). The van der Waals surface area contributed by atoms with Crippen LogP contribution < -0.4 is 5.32 Å². The predicted octanol–water partition coefficient (Wildman–Crippen LogP) is -0.103. The number of aromatic carboxylic acids is 1. The van der Waals surface area contributed by atoms with Crippen molar-refractivity contribution in [3.63, 3.8) is 0 Å². The van der Waals surface area contributed by atoms with E-state index in [0.29, 0.717) is 25.3 Å². The number of rotatable bonds is 5. The summed E-state index contributed by atoms with van der Waals surface area (Å²) in [5.41, 5.74) is -0.129. The summed E-state index contributed by atoms with van der Waals surface area (Å²) in [4.78, 5) is 10.6. The van der Waals surface area contributed by atoms with Gasteiger partial charge < -0.3 is 14.9 Å². The van der Waals surface area contributed by atoms with Crippen molar-refractivity contribution in [2.24, 2.45) is 5.92 Å². The van der Waals surface area contributed by atoms with Crippen LogP contribution in [0.1, 0.15) is 22.7 Å². The molecule has 0 aromatic carbocycles. The predicted molar refractivity (Wildman–Crippen MR) is 61.9 cm³/mol. The molecule has 2 heterocycles. The molecule has 1 aromatic rings. The summed E-state index contributed by atoms with van der Waals surface area (Å²) in [6.45, 7) is 0.916. The van der Waals surface area contributed by atoms with Crippen LogP contribution >= 0.6 is 0 Å². The minimum atomic E-state index is -2.85. The number of nitrogens with zero attached hydrogens (tertiary/aromatic N) is 1. The minimum absolute atomic E-state index is 0.122. The maximum absolute atomic E-state index is 11.2. The van der Waals surface area contributed by atoms with Gasteiger partial charge in [0.25, 0.3) is 0 Å². The van der Waals surface area contributed by atoms with Crippen LogP contribution in [0.2, 0.25) is 0 Å². The Morgan fingerprint density at radius 3 is 2.94 bits per heavy atom. The van der Waals surface area contributed by atoms with Crippen LogP contribution in [0.4, 0.5) is 0 Å². The zero-order valence-electron chi connectivity index (χ0n) is 9.63. The quantitative estimate of drug-likeness (QED) is 0.771. The fourth-order valence-electron chi connectivity index (χ4n) is 1.93. The third-order valence-corrected chi connectivity index (χ3v) is 4.67. The third kappa shape index (κ3) is 3.30. The number of sulfone groups is 1. The van der Waals surface area contributed by atoms with E-state index >= 15 is 0 Å². The van der Waals surface area contributed by atoms with Gasteiger partial charge in [0, 0.05) is 6.07 Å². The van der Waals surface area contributed by atoms with Crippen molar-refractivity contribution in [1.29, 1.82) is 0 Å². The molecule has 0 bridgehead atoms. The van der Waals surface area contributed by atoms with Crippen molar-refractivity contribution >= 4 is 15.8 Å². The second kappa shape index (κ2) is 5.07. The van der Waals surface area contributed by atoms with Gasteiger partial charge in [-0.05, 0) is 18.9 Å². The maximum atomic E-state index is 11.2. The Bertz CT molecular complexity index is 536. The van der Waals surface area contributed by atoms with Crippen LogP contribution in [0.15, 0.2) is 10.6 Å². The second-order valence-corrected chi connectivity index (χ2v) is 6.61. The lowest BCUT2D eigenvalue weighted by Gasteiger charge is -2.07. The molecule has 0 aliphatic carbocycles. The summed E-state index contributed by atoms with van der Waals surface area (Å²) < 4.78 is 27.3. The third-order valence-electron chi connectivity index (χ3n) is 2.84. The van der Waals surface area contributed by atoms with Gasteiger partial charge in [0.05, 0.1) is 18.1 Å². The summed E-state index contributed by atoms with van der Waals surface area (Å²) in [5.74, 6) is -0.112. The molecule has 1 aliphatic heterocycles. The van der Waals surface area contributed by atoms with Gasteiger partial charge in [0.1, 0.15) is 0 Å². The van der Waals surface area contributed by atoms with E-state index in [4.69, 9.17) is 9.63 Å². The van der Waals surface area contributed by atoms with Gasteiger partial charge in [-0.25, -0.2) is 13.2 Å². The maximum Gasteiger partial charge on any atom is 0.358 e. The van der Waals surface area contributed by atoms with E-state index in [1.807, 2.05) is 0 Å². The second-order valence-electron chi connectivity index (χ2n) is 4.38. The van der Waals surface area contributed by atoms with E-state index in [-0.39, 0.29) is 23.1 Å². The molecule has 0 radical (unpaired) electrons. The van der Waals surface area contributed by atoms with Gasteiger partial charge in [-0.15, -0.1) is 0 Å². The van der Waals surface area contributed by atoms with Gasteiger partial charge in [0.15, 0.2) is 21.3 Å². The molecule has 8 heteroatoms. The van der Waals surface area contributed by atoms with Gasteiger partial charge in [0.2, 0.25) is 0 Å². The lowest BCUT2D eigenvalue weighted by Crippen LogP contribution is -2.23. The number of aromatic nitrogens is 1. The van der Waals surface area contributed by atoms with Crippen LogP contribution in [0.25, 0.3) is 0 Å². The van der Waals surface area contributed by atoms with Crippen molar-refractivity contribution in [1.82, 2.24) is 10.5 Å². The molecule has 0 saturated carbocycles. The first-order chi connectivity index (χ1) is 8.46. The number of hydrogen-bond acceptors (Lipinski definition) is 6. The van der Waals surface area contributed by atoms with E-state index in [9.17, 15) is 13.2 Å². The summed E-state index contributed by atoms with van der Waals surface area (Å²) in [7, 11) is -2.85. The Morgan fingerprint density at radius 2 is 2.39 bits per heavy atom. The van der Waals surface area contributed by atoms with E-state index in [1.54, 1.807) is 0 Å². The number of carboxylic acid groups (broad SMARTS) is 1. The molecule has 2 N–H and O–H groups in total. The van der Waals surface area contributed by atoms with E-state index in [0.717, 1.165) is 0 Å². The summed E-state index contributed by atoms with van der Waals surface area (Å²) in [6.07, 6.45) is 0.673. The van der Waals surface area contributed by atoms with Gasteiger partial charge in [-0.1, -0.05) is 5.16 Å². The van der Waals surface area contributed by atoms with Crippen molar-refractivity contribution in [2.45, 2.75) is 13.0 Å². The van der Waals surface area contributed by atoms with E-state index in [2.05, 4.69) is 10.5 Å². The molecule has 1 atom stereocenters. The molecule has 1 saturated heterocycles. The highest BCUT2D eigenvalue weighted by Gasteiger charge is 2.27. The highest BCUT2D eigenvalue weighted by Crippen LogP contribution is 2.17. The Kier molecular flexibility index (Phi) is 3.67. The average Bonchev–Trinajstić information content (AvgIpc) is 2.86. The fourth-order valence-corrected chi connectivity index (χ4v) is 3.79. The molecule has 1 aliphatic rings. The lowest BCUT2D eigenvalue weighted by atomic mass is 10.1. The smallest absolute Gasteiger partial charge is 0.358 e. The Labute approximate surface area is 104 Å². The van der Waals surface area contributed by atoms with Gasteiger partial charge in [-0.3, -0.25) is 0 Å². The first-order valence-corrected chi connectivity index (χ1v) is 7.38. The highest BCUT2D eigenvalue weighted by atomic mass is 32.2. The largest absolute Gasteiger partial charge is 0.476 e. The normalized spacial score (nSPS) is 22.1. The zero-order valence-corrected chi connectivity index (χ0v) is 10.4. The van der Waals surface area contributed by atoms with Crippen molar-refractivity contribution in [3.05, 3.63) is 17.5 Å². The zero-order chi connectivity index (χ0) is 13.2. The molecule has 2 rings (SSSR count). The number of hydrogen-bond donors (Lipinski definition) is 2. The average molecular weight is 274 g/mol. The van der Waals surface area contributed by atoms with Crippen LogP contribution in [0.5, 0.6) is 0 Å². The highest BCUT2D eigenvalue weighted by molar-refractivity contribution is 7.91. The molecule has 0 spiro atoms. The molecule has 1 aromatic heterocycles. The first kappa shape index (κ1) is 13.0. The molecule has 0 amide bonds. The molecule has 1 fully saturated rings. The summed E-state index contributed by atoms with van der Waals surface area (Å²) in [5, 5.41) is 15.1. The number of nitrogens with one attached hydrogen (secondary N) is 1. The molecule has 7 nitrogen and oxygen atoms in total. The van der Waals surface area contributed by atoms with Gasteiger partial charge >= 0.3 is 5.97 Å². The van der Waals surface area contributed by atoms with Crippen molar-refractivity contribution in [3.8, 4) is 0 Å². The summed E-state index contributed by atoms with van der Waals surface area (Å²) in [6, 6.07) is 1.35. The van der Waals surface area contributed by atoms with E-state index < -0.39 is 15.8 Å². The Balaban J connectivity index is 1.77. The topological polar surface area (TPSA) is 110 Å². The molecule has 18 heavy (non-hydrogen) atoms. The monoisotopic (exact) mass is 274 g/mol. The van der Waals surface area contributed by atoms with Crippen LogP contribution in [0, 0.1) is 5.92 Å². The first-order valence-electron chi connectivity index (χ1n) is 5.56. The SMILES string of the molecule is O=C(O)c1cc(CNCC2CCS(=O)(=O)C2)on1.